The molecule has 0 heterocycles. The molecule has 4 aromatic carbocycles. The van der Waals surface area contributed by atoms with E-state index in [0.29, 0.717) is 24.7 Å². The summed E-state index contributed by atoms with van der Waals surface area (Å²) < 4.78 is 29.0. The van der Waals surface area contributed by atoms with Crippen LogP contribution in [0.4, 0.5) is 11.4 Å². The maximum atomic E-state index is 6.04. The molecule has 0 saturated carbocycles. The molecule has 0 unspecified atom stereocenters. The Bertz CT molecular complexity index is 1430. The van der Waals surface area contributed by atoms with Gasteiger partial charge in [0.25, 0.3) is 0 Å². The first kappa shape index (κ1) is 35.1. The highest BCUT2D eigenvalue weighted by Gasteiger charge is 2.07. The molecule has 0 spiro atoms. The lowest BCUT2D eigenvalue weighted by Gasteiger charge is -2.11. The number of aliphatic imine (C=N–C) groups is 2. The Kier molecular flexibility index (Phi) is 14.7. The molecule has 0 aromatic heterocycles. The first-order chi connectivity index (χ1) is 23.1. The van der Waals surface area contributed by atoms with E-state index < -0.39 is 0 Å². The maximum absolute atomic E-state index is 6.04. The minimum atomic E-state index is 0.692. The first-order valence-corrected chi connectivity index (χ1v) is 16.7. The molecule has 7 nitrogen and oxygen atoms in total. The summed E-state index contributed by atoms with van der Waals surface area (Å²) in [4.78, 5) is 9.23. The van der Waals surface area contributed by atoms with Gasteiger partial charge in [-0.1, -0.05) is 52.4 Å². The SMILES string of the molecule is CCCCCCOc1ccc(C=Nc2ccc(Oc3ccc(N=Cc4ccc(OCCCCCC)c(OC)c4)cc3)cc2)cc1OC. The summed E-state index contributed by atoms with van der Waals surface area (Å²) in [5, 5.41) is 0. The van der Waals surface area contributed by atoms with Crippen LogP contribution in [0.3, 0.4) is 0 Å². The molecule has 0 radical (unpaired) electrons. The van der Waals surface area contributed by atoms with E-state index in [4.69, 9.17) is 23.7 Å². The van der Waals surface area contributed by atoms with Crippen LogP contribution in [-0.4, -0.2) is 39.9 Å². The van der Waals surface area contributed by atoms with Gasteiger partial charge in [0.15, 0.2) is 23.0 Å². The average Bonchev–Trinajstić information content (AvgIpc) is 3.11. The van der Waals surface area contributed by atoms with Gasteiger partial charge in [-0.3, -0.25) is 9.98 Å². The molecule has 0 aliphatic rings. The second kappa shape index (κ2) is 19.7. The Hall–Kier alpha value is -4.78. The van der Waals surface area contributed by atoms with E-state index in [1.54, 1.807) is 14.2 Å². The zero-order valence-corrected chi connectivity index (χ0v) is 28.2. The Morgan fingerprint density at radius 2 is 0.915 bits per heavy atom. The molecule has 4 aromatic rings. The quantitative estimate of drug-likeness (QED) is 0.0713. The molecule has 7 heteroatoms. The predicted molar refractivity (Wildman–Crippen MR) is 193 cm³/mol. The summed E-state index contributed by atoms with van der Waals surface area (Å²) in [6, 6.07) is 27.0. The van der Waals surface area contributed by atoms with Crippen LogP contribution in [0.25, 0.3) is 0 Å². The van der Waals surface area contributed by atoms with E-state index in [0.717, 1.165) is 58.3 Å². The van der Waals surface area contributed by atoms with Crippen molar-refractivity contribution in [3.8, 4) is 34.5 Å². The summed E-state index contributed by atoms with van der Waals surface area (Å²) >= 11 is 0. The van der Waals surface area contributed by atoms with Crippen molar-refractivity contribution in [1.82, 2.24) is 0 Å². The van der Waals surface area contributed by atoms with Gasteiger partial charge in [-0.05, 0) is 109 Å². The van der Waals surface area contributed by atoms with Crippen molar-refractivity contribution in [2.75, 3.05) is 27.4 Å². The van der Waals surface area contributed by atoms with Gasteiger partial charge in [0.2, 0.25) is 0 Å². The van der Waals surface area contributed by atoms with Gasteiger partial charge < -0.3 is 23.7 Å². The highest BCUT2D eigenvalue weighted by Crippen LogP contribution is 2.30. The molecule has 0 saturated heterocycles. The van der Waals surface area contributed by atoms with Crippen molar-refractivity contribution in [3.63, 3.8) is 0 Å². The third-order valence-corrected chi connectivity index (χ3v) is 7.52. The lowest BCUT2D eigenvalue weighted by atomic mass is 10.2. The molecule has 0 bridgehead atoms. The largest absolute Gasteiger partial charge is 0.493 e. The Labute approximate surface area is 280 Å². The second-order valence-electron chi connectivity index (χ2n) is 11.2. The molecule has 0 fully saturated rings. The number of methoxy groups -OCH3 is 2. The zero-order valence-electron chi connectivity index (χ0n) is 28.2. The smallest absolute Gasteiger partial charge is 0.161 e. The molecule has 4 rings (SSSR count). The summed E-state index contributed by atoms with van der Waals surface area (Å²) in [6.45, 7) is 5.79. The molecule has 0 N–H and O–H groups in total. The van der Waals surface area contributed by atoms with Crippen molar-refractivity contribution >= 4 is 23.8 Å². The van der Waals surface area contributed by atoms with E-state index in [2.05, 4.69) is 23.8 Å². The van der Waals surface area contributed by atoms with Crippen molar-refractivity contribution < 1.29 is 23.7 Å². The van der Waals surface area contributed by atoms with Crippen molar-refractivity contribution in [1.29, 1.82) is 0 Å². The van der Waals surface area contributed by atoms with Crippen molar-refractivity contribution in [2.24, 2.45) is 9.98 Å². The fourth-order valence-corrected chi connectivity index (χ4v) is 4.82. The minimum absolute atomic E-state index is 0.692. The third kappa shape index (κ3) is 11.8. The van der Waals surface area contributed by atoms with Crippen LogP contribution in [0.15, 0.2) is 94.9 Å². The van der Waals surface area contributed by atoms with Crippen LogP contribution in [0.1, 0.15) is 76.3 Å². The molecular weight excluding hydrogens is 588 g/mol. The predicted octanol–water partition coefficient (Wildman–Crippen LogP) is 10.9. The van der Waals surface area contributed by atoms with Gasteiger partial charge in [0.05, 0.1) is 38.8 Å². The van der Waals surface area contributed by atoms with Crippen molar-refractivity contribution in [2.45, 2.75) is 65.2 Å². The van der Waals surface area contributed by atoms with Crippen LogP contribution in [0.5, 0.6) is 34.5 Å². The number of rotatable bonds is 20. The van der Waals surface area contributed by atoms with Crippen molar-refractivity contribution in [3.05, 3.63) is 96.1 Å². The Balaban J connectivity index is 1.27. The first-order valence-electron chi connectivity index (χ1n) is 16.7. The average molecular weight is 637 g/mol. The molecule has 0 amide bonds. The van der Waals surface area contributed by atoms with Gasteiger partial charge in [0, 0.05) is 12.4 Å². The van der Waals surface area contributed by atoms with Gasteiger partial charge >= 0.3 is 0 Å². The van der Waals surface area contributed by atoms with E-state index in [-0.39, 0.29) is 0 Å². The monoisotopic (exact) mass is 636 g/mol. The van der Waals surface area contributed by atoms with E-state index in [1.165, 1.54) is 38.5 Å². The summed E-state index contributed by atoms with van der Waals surface area (Å²) in [5.41, 5.74) is 3.50. The lowest BCUT2D eigenvalue weighted by Crippen LogP contribution is -2.00. The molecule has 47 heavy (non-hydrogen) atoms. The van der Waals surface area contributed by atoms with Gasteiger partial charge in [0.1, 0.15) is 11.5 Å². The van der Waals surface area contributed by atoms with Gasteiger partial charge in [-0.25, -0.2) is 0 Å². The molecule has 0 aliphatic heterocycles. The summed E-state index contributed by atoms with van der Waals surface area (Å²) in [7, 11) is 3.31. The fourth-order valence-electron chi connectivity index (χ4n) is 4.82. The molecule has 0 atom stereocenters. The molecular formula is C40H48N2O5. The van der Waals surface area contributed by atoms with Crippen LogP contribution in [-0.2, 0) is 0 Å². The zero-order chi connectivity index (χ0) is 33.1. The second-order valence-corrected chi connectivity index (χ2v) is 11.2. The lowest BCUT2D eigenvalue weighted by molar-refractivity contribution is 0.285. The van der Waals surface area contributed by atoms with Gasteiger partial charge in [-0.2, -0.15) is 0 Å². The highest BCUT2D eigenvalue weighted by atomic mass is 16.5. The van der Waals surface area contributed by atoms with Crippen LogP contribution >= 0.6 is 0 Å². The number of ether oxygens (including phenoxy) is 5. The molecule has 248 valence electrons. The van der Waals surface area contributed by atoms with E-state index in [1.807, 2.05) is 97.4 Å². The maximum Gasteiger partial charge on any atom is 0.161 e. The number of nitrogens with zero attached hydrogens (tertiary/aromatic N) is 2. The topological polar surface area (TPSA) is 70.9 Å². The Morgan fingerprint density at radius 3 is 1.30 bits per heavy atom. The standard InChI is InChI=1S/C40H48N2O5/c1-5-7-9-11-25-45-37-23-13-31(27-39(37)43-3)29-41-33-15-19-35(20-16-33)47-36-21-17-34(18-22-36)42-30-32-14-24-38(40(28-32)44-4)46-26-12-10-8-6-2/h13-24,27-30H,5-12,25-26H2,1-4H3. The van der Waals surface area contributed by atoms with Crippen LogP contribution in [0.2, 0.25) is 0 Å². The highest BCUT2D eigenvalue weighted by molar-refractivity contribution is 5.84. The normalized spacial score (nSPS) is 11.2. The molecule has 0 aliphatic carbocycles. The van der Waals surface area contributed by atoms with Crippen LogP contribution in [0, 0.1) is 0 Å². The van der Waals surface area contributed by atoms with Gasteiger partial charge in [-0.15, -0.1) is 0 Å². The van der Waals surface area contributed by atoms with E-state index >= 15 is 0 Å². The fraction of sp³-hybridized carbons (Fsp3) is 0.350. The number of unbranched alkanes of at least 4 members (excludes halogenated alkanes) is 6. The number of hydrogen-bond donors (Lipinski definition) is 0. The summed E-state index contributed by atoms with van der Waals surface area (Å²) in [6.07, 6.45) is 13.0. The van der Waals surface area contributed by atoms with Crippen LogP contribution < -0.4 is 23.7 Å². The third-order valence-electron chi connectivity index (χ3n) is 7.52. The Morgan fingerprint density at radius 1 is 0.489 bits per heavy atom. The minimum Gasteiger partial charge on any atom is -0.493 e. The summed E-state index contributed by atoms with van der Waals surface area (Å²) in [5.74, 6) is 4.37. The van der Waals surface area contributed by atoms with E-state index in [9.17, 15) is 0 Å². The number of hydrogen-bond acceptors (Lipinski definition) is 7. The number of benzene rings is 4.